The summed E-state index contributed by atoms with van der Waals surface area (Å²) in [5.41, 5.74) is 2.63. The first-order chi connectivity index (χ1) is 9.72. The number of hydrazine groups is 1. The second-order valence-corrected chi connectivity index (χ2v) is 5.36. The van der Waals surface area contributed by atoms with Gasteiger partial charge in [0.2, 0.25) is 0 Å². The topological polar surface area (TPSA) is 76.3 Å². The average Bonchev–Trinajstić information content (AvgIpc) is 2.48. The first kappa shape index (κ1) is 15.0. The van der Waals surface area contributed by atoms with Gasteiger partial charge in [0, 0.05) is 39.3 Å². The lowest BCUT2D eigenvalue weighted by molar-refractivity contribution is 0.0685. The fraction of sp³-hybridized carbons (Fsp3) is 0.714. The predicted octanol–water partition coefficient (Wildman–Crippen LogP) is 1.58. The number of aromatic nitrogens is 2. The Balaban J connectivity index is 2.06. The Kier molecular flexibility index (Phi) is 5.55. The minimum absolute atomic E-state index is 0.674. The van der Waals surface area contributed by atoms with Crippen molar-refractivity contribution in [1.82, 2.24) is 9.97 Å². The molecule has 0 amide bonds. The molecular formula is C14H25N5O. The van der Waals surface area contributed by atoms with Gasteiger partial charge in [0.15, 0.2) is 0 Å². The molecule has 1 aliphatic heterocycles. The minimum atomic E-state index is 0.674. The Morgan fingerprint density at radius 2 is 2.15 bits per heavy atom. The van der Waals surface area contributed by atoms with Crippen molar-refractivity contribution in [3.05, 3.63) is 11.9 Å². The van der Waals surface area contributed by atoms with Crippen LogP contribution in [-0.2, 0) is 11.2 Å². The smallest absolute Gasteiger partial charge is 0.145 e. The van der Waals surface area contributed by atoms with Crippen molar-refractivity contribution >= 4 is 11.6 Å². The Morgan fingerprint density at radius 1 is 1.40 bits per heavy atom. The van der Waals surface area contributed by atoms with E-state index < -0.39 is 0 Å². The van der Waals surface area contributed by atoms with Crippen LogP contribution in [0.5, 0.6) is 0 Å². The molecule has 2 heterocycles. The van der Waals surface area contributed by atoms with Crippen LogP contribution in [0.3, 0.4) is 0 Å². The third kappa shape index (κ3) is 4.05. The maximum atomic E-state index is 5.49. The molecule has 1 aromatic heterocycles. The average molecular weight is 279 g/mol. The highest BCUT2D eigenvalue weighted by molar-refractivity contribution is 5.48. The van der Waals surface area contributed by atoms with Gasteiger partial charge in [0.1, 0.15) is 17.5 Å². The Morgan fingerprint density at radius 3 is 2.80 bits per heavy atom. The number of aryl methyl sites for hydroxylation is 1. The zero-order valence-electron chi connectivity index (χ0n) is 12.4. The molecule has 112 valence electrons. The van der Waals surface area contributed by atoms with Crippen molar-refractivity contribution in [2.45, 2.75) is 32.6 Å². The monoisotopic (exact) mass is 279 g/mol. The minimum Gasteiger partial charge on any atom is -0.381 e. The first-order valence-electron chi connectivity index (χ1n) is 7.36. The van der Waals surface area contributed by atoms with Crippen molar-refractivity contribution in [2.24, 2.45) is 11.8 Å². The van der Waals surface area contributed by atoms with E-state index in [0.717, 1.165) is 57.1 Å². The fourth-order valence-corrected chi connectivity index (χ4v) is 2.50. The SMILES string of the molecule is CCCc1nc(NN)cc(N(C)CC2CCOCC2)n1. The molecule has 6 heteroatoms. The van der Waals surface area contributed by atoms with Crippen LogP contribution in [0.4, 0.5) is 11.6 Å². The zero-order valence-corrected chi connectivity index (χ0v) is 12.4. The van der Waals surface area contributed by atoms with Gasteiger partial charge >= 0.3 is 0 Å². The molecule has 2 rings (SSSR count). The zero-order chi connectivity index (χ0) is 14.4. The normalized spacial score (nSPS) is 16.1. The molecule has 3 N–H and O–H groups in total. The quantitative estimate of drug-likeness (QED) is 0.608. The molecule has 6 nitrogen and oxygen atoms in total. The number of rotatable bonds is 6. The second-order valence-electron chi connectivity index (χ2n) is 5.36. The molecule has 0 spiro atoms. The third-order valence-electron chi connectivity index (χ3n) is 3.64. The van der Waals surface area contributed by atoms with Gasteiger partial charge in [-0.2, -0.15) is 0 Å². The lowest BCUT2D eigenvalue weighted by atomic mass is 10.00. The van der Waals surface area contributed by atoms with Crippen LogP contribution < -0.4 is 16.2 Å². The number of nitrogens with zero attached hydrogens (tertiary/aromatic N) is 3. The fourth-order valence-electron chi connectivity index (χ4n) is 2.50. The van der Waals surface area contributed by atoms with Gasteiger partial charge < -0.3 is 15.1 Å². The number of nitrogen functional groups attached to an aromatic ring is 1. The molecule has 0 atom stereocenters. The van der Waals surface area contributed by atoms with E-state index >= 15 is 0 Å². The van der Waals surface area contributed by atoms with Crippen LogP contribution in [0.2, 0.25) is 0 Å². The van der Waals surface area contributed by atoms with Crippen LogP contribution in [0.25, 0.3) is 0 Å². The van der Waals surface area contributed by atoms with Crippen molar-refractivity contribution < 1.29 is 4.74 Å². The van der Waals surface area contributed by atoms with Crippen LogP contribution in [-0.4, -0.2) is 36.8 Å². The molecule has 1 aromatic rings. The molecule has 1 aliphatic rings. The van der Waals surface area contributed by atoms with Crippen LogP contribution >= 0.6 is 0 Å². The van der Waals surface area contributed by atoms with Gasteiger partial charge in [0.05, 0.1) is 0 Å². The second kappa shape index (κ2) is 7.40. The predicted molar refractivity (Wildman–Crippen MR) is 80.7 cm³/mol. The van der Waals surface area contributed by atoms with E-state index in [1.807, 2.05) is 6.07 Å². The molecule has 1 saturated heterocycles. The summed E-state index contributed by atoms with van der Waals surface area (Å²) < 4.78 is 5.40. The summed E-state index contributed by atoms with van der Waals surface area (Å²) in [5, 5.41) is 0. The summed E-state index contributed by atoms with van der Waals surface area (Å²) in [5.74, 6) is 8.62. The summed E-state index contributed by atoms with van der Waals surface area (Å²) >= 11 is 0. The summed E-state index contributed by atoms with van der Waals surface area (Å²) in [7, 11) is 2.08. The summed E-state index contributed by atoms with van der Waals surface area (Å²) in [4.78, 5) is 11.2. The van der Waals surface area contributed by atoms with E-state index in [-0.39, 0.29) is 0 Å². The number of nitrogens with two attached hydrogens (primary N) is 1. The molecule has 0 saturated carbocycles. The summed E-state index contributed by atoms with van der Waals surface area (Å²) in [6.45, 7) is 4.87. The van der Waals surface area contributed by atoms with Crippen molar-refractivity contribution in [3.8, 4) is 0 Å². The molecule has 0 bridgehead atoms. The summed E-state index contributed by atoms with van der Waals surface area (Å²) in [6.07, 6.45) is 4.14. The number of hydrogen-bond acceptors (Lipinski definition) is 6. The number of hydrogen-bond donors (Lipinski definition) is 2. The van der Waals surface area contributed by atoms with E-state index in [1.165, 1.54) is 0 Å². The maximum Gasteiger partial charge on any atom is 0.145 e. The van der Waals surface area contributed by atoms with Gasteiger partial charge in [-0.1, -0.05) is 6.92 Å². The van der Waals surface area contributed by atoms with Gasteiger partial charge in [0.25, 0.3) is 0 Å². The van der Waals surface area contributed by atoms with Crippen molar-refractivity contribution in [1.29, 1.82) is 0 Å². The third-order valence-corrected chi connectivity index (χ3v) is 3.64. The molecule has 20 heavy (non-hydrogen) atoms. The van der Waals surface area contributed by atoms with E-state index in [4.69, 9.17) is 10.6 Å². The highest BCUT2D eigenvalue weighted by Gasteiger charge is 2.17. The van der Waals surface area contributed by atoms with E-state index in [2.05, 4.69) is 34.3 Å². The standard InChI is InChI=1S/C14H25N5O/c1-3-4-12-16-13(18-15)9-14(17-12)19(2)10-11-5-7-20-8-6-11/h9,11H,3-8,10,15H2,1-2H3,(H,16,17,18). The number of anilines is 2. The van der Waals surface area contributed by atoms with E-state index in [0.29, 0.717) is 11.7 Å². The van der Waals surface area contributed by atoms with Crippen molar-refractivity contribution in [2.75, 3.05) is 37.1 Å². The lowest BCUT2D eigenvalue weighted by Crippen LogP contribution is -2.30. The van der Waals surface area contributed by atoms with Gasteiger partial charge in [-0.05, 0) is 25.2 Å². The Hall–Kier alpha value is -1.40. The Bertz CT molecular complexity index is 420. The van der Waals surface area contributed by atoms with Gasteiger partial charge in [-0.15, -0.1) is 0 Å². The highest BCUT2D eigenvalue weighted by atomic mass is 16.5. The molecule has 1 fully saturated rings. The largest absolute Gasteiger partial charge is 0.381 e. The number of nitrogens with one attached hydrogen (secondary N) is 1. The van der Waals surface area contributed by atoms with E-state index in [1.54, 1.807) is 0 Å². The van der Waals surface area contributed by atoms with Crippen LogP contribution in [0.1, 0.15) is 32.0 Å². The highest BCUT2D eigenvalue weighted by Crippen LogP contribution is 2.20. The Labute approximate surface area is 120 Å². The molecule has 0 unspecified atom stereocenters. The van der Waals surface area contributed by atoms with Crippen LogP contribution in [0.15, 0.2) is 6.07 Å². The van der Waals surface area contributed by atoms with Crippen molar-refractivity contribution in [3.63, 3.8) is 0 Å². The number of ether oxygens (including phenoxy) is 1. The van der Waals surface area contributed by atoms with Crippen LogP contribution in [0, 0.1) is 5.92 Å². The van der Waals surface area contributed by atoms with E-state index in [9.17, 15) is 0 Å². The molecule has 0 radical (unpaired) electrons. The molecule has 0 aliphatic carbocycles. The van der Waals surface area contributed by atoms with Gasteiger partial charge in [-0.3, -0.25) is 0 Å². The summed E-state index contributed by atoms with van der Waals surface area (Å²) in [6, 6.07) is 1.90. The molecular weight excluding hydrogens is 254 g/mol. The molecule has 0 aromatic carbocycles. The maximum absolute atomic E-state index is 5.49. The lowest BCUT2D eigenvalue weighted by Gasteiger charge is -2.28. The van der Waals surface area contributed by atoms with Gasteiger partial charge in [-0.25, -0.2) is 15.8 Å². The first-order valence-corrected chi connectivity index (χ1v) is 7.36.